The van der Waals surface area contributed by atoms with Gasteiger partial charge in [0.15, 0.2) is 0 Å². The van der Waals surface area contributed by atoms with Gasteiger partial charge in [-0.15, -0.1) is 0 Å². The summed E-state index contributed by atoms with van der Waals surface area (Å²) >= 11 is 0. The molecule has 10 aliphatic rings. The summed E-state index contributed by atoms with van der Waals surface area (Å²) in [6.45, 7) is 0. The van der Waals surface area contributed by atoms with Gasteiger partial charge in [0.25, 0.3) is 0 Å². The predicted octanol–water partition coefficient (Wildman–Crippen LogP) is 16.9. The highest BCUT2D eigenvalue weighted by molar-refractivity contribution is 5.16. The van der Waals surface area contributed by atoms with Crippen LogP contribution < -0.4 is 0 Å². The molecule has 0 spiro atoms. The molecule has 10 fully saturated rings. The molecule has 0 bridgehead atoms. The fourth-order valence-electron chi connectivity index (χ4n) is 18.3. The van der Waals surface area contributed by atoms with Gasteiger partial charge in [-0.25, -0.2) is 0 Å². The van der Waals surface area contributed by atoms with E-state index in [0.29, 0.717) is 0 Å². The third kappa shape index (κ3) is 8.79. The SMILES string of the molecule is C(=C(C1CCCCC1)C1CCCCC1)C1CCC(C2CC3CCC4CC(C5CCC(C=C(C6CCCCC6)C6CCCCC6)CC5)CC5CCC(C2)C3C45)CC1. The molecule has 0 heteroatoms. The second-order valence-electron chi connectivity index (χ2n) is 23.8. The molecule has 0 aromatic heterocycles. The van der Waals surface area contributed by atoms with Crippen LogP contribution in [0.4, 0.5) is 0 Å². The molecule has 10 saturated carbocycles. The van der Waals surface area contributed by atoms with Gasteiger partial charge in [-0.1, -0.05) is 100 Å². The summed E-state index contributed by atoms with van der Waals surface area (Å²) in [6, 6.07) is 0. The predicted molar refractivity (Wildman–Crippen MR) is 238 cm³/mol. The molecule has 314 valence electrons. The minimum Gasteiger partial charge on any atom is -0.0817 e. The Labute approximate surface area is 347 Å². The van der Waals surface area contributed by atoms with Crippen LogP contribution >= 0.6 is 0 Å². The summed E-state index contributed by atoms with van der Waals surface area (Å²) in [5, 5.41) is 0. The molecule has 10 aliphatic carbocycles. The zero-order valence-corrected chi connectivity index (χ0v) is 36.8. The summed E-state index contributed by atoms with van der Waals surface area (Å²) in [6.07, 6.45) is 61.8. The van der Waals surface area contributed by atoms with Crippen molar-refractivity contribution < 1.29 is 0 Å². The average molecular weight is 763 g/mol. The Morgan fingerprint density at radius 1 is 0.232 bits per heavy atom. The highest BCUT2D eigenvalue weighted by atomic mass is 14.6. The first-order chi connectivity index (χ1) is 27.7. The maximum atomic E-state index is 2.98. The van der Waals surface area contributed by atoms with Gasteiger partial charge in [0, 0.05) is 0 Å². The molecule has 0 radical (unpaired) electrons. The Balaban J connectivity index is 0.727. The van der Waals surface area contributed by atoms with Crippen molar-refractivity contribution >= 4 is 0 Å². The molecule has 0 aromatic rings. The van der Waals surface area contributed by atoms with Gasteiger partial charge in [0.05, 0.1) is 0 Å². The van der Waals surface area contributed by atoms with Crippen LogP contribution in [0.3, 0.4) is 0 Å². The van der Waals surface area contributed by atoms with E-state index in [0.717, 1.165) is 94.7 Å². The average Bonchev–Trinajstić information content (AvgIpc) is 3.28. The molecule has 4 atom stereocenters. The zero-order chi connectivity index (χ0) is 37.3. The Morgan fingerprint density at radius 2 is 0.482 bits per heavy atom. The maximum Gasteiger partial charge on any atom is -0.0200 e. The van der Waals surface area contributed by atoms with Crippen molar-refractivity contribution in [2.45, 2.75) is 231 Å². The fourth-order valence-corrected chi connectivity index (χ4v) is 18.3. The normalized spacial score (nSPS) is 43.4. The monoisotopic (exact) mass is 763 g/mol. The van der Waals surface area contributed by atoms with Crippen LogP contribution in [0.15, 0.2) is 23.3 Å². The molecule has 0 aliphatic heterocycles. The first-order valence-electron chi connectivity index (χ1n) is 27.2. The molecule has 0 aromatic carbocycles. The van der Waals surface area contributed by atoms with Gasteiger partial charge < -0.3 is 0 Å². The van der Waals surface area contributed by atoms with Gasteiger partial charge in [0.2, 0.25) is 0 Å². The Morgan fingerprint density at radius 3 is 0.750 bits per heavy atom. The van der Waals surface area contributed by atoms with Crippen molar-refractivity contribution in [1.82, 2.24) is 0 Å². The Hall–Kier alpha value is -0.520. The van der Waals surface area contributed by atoms with Crippen LogP contribution in [0.1, 0.15) is 231 Å². The van der Waals surface area contributed by atoms with E-state index in [4.69, 9.17) is 0 Å². The second kappa shape index (κ2) is 18.6. The van der Waals surface area contributed by atoms with Crippen molar-refractivity contribution in [3.05, 3.63) is 23.3 Å². The van der Waals surface area contributed by atoms with Crippen LogP contribution in [-0.4, -0.2) is 0 Å². The summed E-state index contributed by atoms with van der Waals surface area (Å²) < 4.78 is 0. The standard InChI is InChI=1S/C56H90/c1-5-13-43(14-6-1)53(44-15-7-2-8-16-44)33-39-21-25-41(26-22-39)51-35-47-29-31-49-37-52(38-50-32-30-48(36-51)55(47)56(49)50)42-27-23-40(24-28-42)34-54(45-17-9-3-10-18-45)46-19-11-4-12-20-46/h33-34,39-52,55-56H,1-32,35-38H2. The van der Waals surface area contributed by atoms with Gasteiger partial charge in [-0.05, 0) is 249 Å². The van der Waals surface area contributed by atoms with E-state index in [-0.39, 0.29) is 0 Å². The third-order valence-corrected chi connectivity index (χ3v) is 21.0. The number of hydrogen-bond acceptors (Lipinski definition) is 0. The summed E-state index contributed by atoms with van der Waals surface area (Å²) in [7, 11) is 0. The maximum absolute atomic E-state index is 2.98. The lowest BCUT2D eigenvalue weighted by atomic mass is 9.44. The molecule has 4 unspecified atom stereocenters. The molecule has 0 amide bonds. The Kier molecular flexibility index (Phi) is 13.2. The van der Waals surface area contributed by atoms with Crippen LogP contribution in [0.5, 0.6) is 0 Å². The zero-order valence-electron chi connectivity index (χ0n) is 36.8. The minimum atomic E-state index is 0.926. The lowest BCUT2D eigenvalue weighted by Crippen LogP contribution is -2.53. The third-order valence-electron chi connectivity index (χ3n) is 21.0. The van der Waals surface area contributed by atoms with Crippen LogP contribution in [0, 0.1) is 94.7 Å². The molecule has 0 heterocycles. The molecule has 56 heavy (non-hydrogen) atoms. The molecule has 0 nitrogen and oxygen atoms in total. The minimum absolute atomic E-state index is 0.926. The van der Waals surface area contributed by atoms with Crippen molar-refractivity contribution in [1.29, 1.82) is 0 Å². The van der Waals surface area contributed by atoms with Gasteiger partial charge in [-0.2, -0.15) is 0 Å². The molecular formula is C56H90. The first-order valence-corrected chi connectivity index (χ1v) is 27.2. The molecule has 0 N–H and O–H groups in total. The van der Waals surface area contributed by atoms with E-state index in [1.807, 2.05) is 11.1 Å². The van der Waals surface area contributed by atoms with Crippen LogP contribution in [0.2, 0.25) is 0 Å². The lowest BCUT2D eigenvalue weighted by molar-refractivity contribution is -0.113. The van der Waals surface area contributed by atoms with E-state index in [1.54, 1.807) is 77.0 Å². The number of hydrogen-bond donors (Lipinski definition) is 0. The van der Waals surface area contributed by atoms with Gasteiger partial charge >= 0.3 is 0 Å². The largest absolute Gasteiger partial charge is 0.0817 e. The molecular weight excluding hydrogens is 673 g/mol. The quantitative estimate of drug-likeness (QED) is 0.216. The van der Waals surface area contributed by atoms with E-state index in [1.165, 1.54) is 154 Å². The van der Waals surface area contributed by atoms with E-state index in [9.17, 15) is 0 Å². The van der Waals surface area contributed by atoms with Crippen LogP contribution in [0.25, 0.3) is 0 Å². The second-order valence-corrected chi connectivity index (χ2v) is 23.8. The topological polar surface area (TPSA) is 0 Å². The smallest absolute Gasteiger partial charge is 0.0200 e. The first kappa shape index (κ1) is 39.6. The highest BCUT2D eigenvalue weighted by Gasteiger charge is 2.55. The van der Waals surface area contributed by atoms with Crippen molar-refractivity contribution in [2.75, 3.05) is 0 Å². The fraction of sp³-hybridized carbons (Fsp3) is 0.929. The van der Waals surface area contributed by atoms with E-state index >= 15 is 0 Å². The lowest BCUT2D eigenvalue weighted by Gasteiger charge is -2.61. The number of allylic oxidation sites excluding steroid dienone is 4. The summed E-state index contributed by atoms with van der Waals surface area (Å²) in [5.41, 5.74) is 4.02. The Bertz CT molecular complexity index is 1110. The van der Waals surface area contributed by atoms with E-state index in [2.05, 4.69) is 12.2 Å². The summed E-state index contributed by atoms with van der Waals surface area (Å²) in [5.74, 6) is 16.8. The number of rotatable bonds is 8. The van der Waals surface area contributed by atoms with Crippen molar-refractivity contribution in [3.63, 3.8) is 0 Å². The van der Waals surface area contributed by atoms with Gasteiger partial charge in [-0.3, -0.25) is 0 Å². The highest BCUT2D eigenvalue weighted by Crippen LogP contribution is 2.64. The van der Waals surface area contributed by atoms with E-state index < -0.39 is 0 Å². The van der Waals surface area contributed by atoms with Gasteiger partial charge in [0.1, 0.15) is 0 Å². The van der Waals surface area contributed by atoms with Crippen molar-refractivity contribution in [3.8, 4) is 0 Å². The van der Waals surface area contributed by atoms with Crippen molar-refractivity contribution in [2.24, 2.45) is 94.7 Å². The molecule has 10 rings (SSSR count). The summed E-state index contributed by atoms with van der Waals surface area (Å²) in [4.78, 5) is 0. The van der Waals surface area contributed by atoms with Crippen LogP contribution in [-0.2, 0) is 0 Å². The molecule has 0 saturated heterocycles.